The first-order chi connectivity index (χ1) is 10.0. The Kier molecular flexibility index (Phi) is 5.63. The molecule has 1 aliphatic rings. The summed E-state index contributed by atoms with van der Waals surface area (Å²) in [4.78, 5) is 7.07. The Morgan fingerprint density at radius 3 is 2.86 bits per heavy atom. The van der Waals surface area contributed by atoms with E-state index in [0.717, 1.165) is 25.3 Å². The molecule has 1 aromatic rings. The van der Waals surface area contributed by atoms with Gasteiger partial charge in [0.1, 0.15) is 0 Å². The highest BCUT2D eigenvalue weighted by atomic mass is 15.1. The predicted molar refractivity (Wildman–Crippen MR) is 90.8 cm³/mol. The summed E-state index contributed by atoms with van der Waals surface area (Å²) in [5.41, 5.74) is 4.34. The molecule has 1 aromatic heterocycles. The summed E-state index contributed by atoms with van der Waals surface area (Å²) in [7, 11) is 0. The van der Waals surface area contributed by atoms with Crippen LogP contribution in [-0.4, -0.2) is 24.6 Å². The van der Waals surface area contributed by atoms with Gasteiger partial charge in [0.2, 0.25) is 0 Å². The summed E-state index contributed by atoms with van der Waals surface area (Å²) < 4.78 is 0. The van der Waals surface area contributed by atoms with E-state index in [4.69, 9.17) is 0 Å². The SMILES string of the molecule is CCCNCc1cnc(C)cc1N1CCCC(C)(C)CC1. The zero-order chi connectivity index (χ0) is 15.3. The largest absolute Gasteiger partial charge is 0.371 e. The highest BCUT2D eigenvalue weighted by Gasteiger charge is 2.24. The first-order valence-electron chi connectivity index (χ1n) is 8.43. The van der Waals surface area contributed by atoms with Crippen LogP contribution in [0.2, 0.25) is 0 Å². The highest BCUT2D eigenvalue weighted by molar-refractivity contribution is 5.53. The maximum absolute atomic E-state index is 4.50. The number of rotatable bonds is 5. The van der Waals surface area contributed by atoms with Crippen molar-refractivity contribution in [2.75, 3.05) is 24.5 Å². The van der Waals surface area contributed by atoms with E-state index in [2.05, 4.69) is 55.2 Å². The van der Waals surface area contributed by atoms with Gasteiger partial charge in [0.15, 0.2) is 0 Å². The number of pyridine rings is 1. The molecule has 0 amide bonds. The van der Waals surface area contributed by atoms with Crippen molar-refractivity contribution in [3.05, 3.63) is 23.5 Å². The molecular formula is C18H31N3. The van der Waals surface area contributed by atoms with Crippen molar-refractivity contribution < 1.29 is 0 Å². The molecule has 0 saturated carbocycles. The Morgan fingerprint density at radius 2 is 2.10 bits per heavy atom. The van der Waals surface area contributed by atoms with Gasteiger partial charge in [-0.25, -0.2) is 0 Å². The minimum atomic E-state index is 0.484. The molecule has 118 valence electrons. The van der Waals surface area contributed by atoms with Gasteiger partial charge >= 0.3 is 0 Å². The van der Waals surface area contributed by atoms with Crippen LogP contribution in [0, 0.1) is 12.3 Å². The molecule has 3 heteroatoms. The lowest BCUT2D eigenvalue weighted by Crippen LogP contribution is -2.27. The molecule has 0 radical (unpaired) electrons. The summed E-state index contributed by atoms with van der Waals surface area (Å²) in [6.07, 6.45) is 7.12. The van der Waals surface area contributed by atoms with Crippen molar-refractivity contribution in [1.29, 1.82) is 0 Å². The number of hydrogen-bond acceptors (Lipinski definition) is 3. The summed E-state index contributed by atoms with van der Waals surface area (Å²) in [6, 6.07) is 2.27. The summed E-state index contributed by atoms with van der Waals surface area (Å²) in [6.45, 7) is 13.4. The van der Waals surface area contributed by atoms with Gasteiger partial charge in [0, 0.05) is 42.8 Å². The molecule has 0 atom stereocenters. The Morgan fingerprint density at radius 1 is 1.29 bits per heavy atom. The third kappa shape index (κ3) is 4.70. The Hall–Kier alpha value is -1.09. The van der Waals surface area contributed by atoms with Crippen LogP contribution in [-0.2, 0) is 6.54 Å². The quantitative estimate of drug-likeness (QED) is 0.833. The van der Waals surface area contributed by atoms with Crippen molar-refractivity contribution in [2.24, 2.45) is 5.41 Å². The number of aromatic nitrogens is 1. The topological polar surface area (TPSA) is 28.2 Å². The highest BCUT2D eigenvalue weighted by Crippen LogP contribution is 2.32. The third-order valence-corrected chi connectivity index (χ3v) is 4.52. The Bertz CT molecular complexity index is 454. The van der Waals surface area contributed by atoms with E-state index >= 15 is 0 Å². The molecule has 0 aromatic carbocycles. The number of nitrogens with one attached hydrogen (secondary N) is 1. The monoisotopic (exact) mass is 289 g/mol. The number of anilines is 1. The van der Waals surface area contributed by atoms with E-state index in [1.807, 2.05) is 0 Å². The lowest BCUT2D eigenvalue weighted by atomic mass is 9.85. The zero-order valence-electron chi connectivity index (χ0n) is 14.2. The molecule has 1 fully saturated rings. The van der Waals surface area contributed by atoms with Gasteiger partial charge in [0.05, 0.1) is 0 Å². The maximum Gasteiger partial charge on any atom is 0.0445 e. The second-order valence-electron chi connectivity index (χ2n) is 7.14. The number of aryl methyl sites for hydroxylation is 1. The van der Waals surface area contributed by atoms with Gasteiger partial charge in [-0.1, -0.05) is 20.8 Å². The van der Waals surface area contributed by atoms with Gasteiger partial charge in [-0.3, -0.25) is 4.98 Å². The van der Waals surface area contributed by atoms with E-state index in [1.54, 1.807) is 0 Å². The second-order valence-corrected chi connectivity index (χ2v) is 7.14. The van der Waals surface area contributed by atoms with E-state index in [9.17, 15) is 0 Å². The minimum Gasteiger partial charge on any atom is -0.371 e. The summed E-state index contributed by atoms with van der Waals surface area (Å²) in [5.74, 6) is 0. The van der Waals surface area contributed by atoms with Crippen LogP contribution in [0.3, 0.4) is 0 Å². The van der Waals surface area contributed by atoms with Crippen LogP contribution in [0.25, 0.3) is 0 Å². The normalized spacial score (nSPS) is 18.6. The predicted octanol–water partition coefficient (Wildman–Crippen LogP) is 3.91. The molecule has 1 aliphatic heterocycles. The molecule has 21 heavy (non-hydrogen) atoms. The van der Waals surface area contributed by atoms with Crippen molar-refractivity contribution in [3.8, 4) is 0 Å². The first kappa shape index (κ1) is 16.3. The molecule has 2 rings (SSSR count). The smallest absolute Gasteiger partial charge is 0.0445 e. The Labute approximate surface area is 130 Å². The Balaban J connectivity index is 2.14. The number of hydrogen-bond donors (Lipinski definition) is 1. The van der Waals surface area contributed by atoms with Gasteiger partial charge in [0.25, 0.3) is 0 Å². The van der Waals surface area contributed by atoms with Crippen LogP contribution >= 0.6 is 0 Å². The van der Waals surface area contributed by atoms with Crippen LogP contribution in [0.4, 0.5) is 5.69 Å². The summed E-state index contributed by atoms with van der Waals surface area (Å²) >= 11 is 0. The third-order valence-electron chi connectivity index (χ3n) is 4.52. The van der Waals surface area contributed by atoms with E-state index < -0.39 is 0 Å². The molecule has 0 aliphatic carbocycles. The first-order valence-corrected chi connectivity index (χ1v) is 8.43. The second kappa shape index (κ2) is 7.26. The number of nitrogens with zero attached hydrogens (tertiary/aromatic N) is 2. The van der Waals surface area contributed by atoms with E-state index in [-0.39, 0.29) is 0 Å². The molecule has 1 saturated heterocycles. The van der Waals surface area contributed by atoms with Crippen molar-refractivity contribution in [3.63, 3.8) is 0 Å². The average Bonchev–Trinajstić information content (AvgIpc) is 2.61. The fourth-order valence-electron chi connectivity index (χ4n) is 3.07. The summed E-state index contributed by atoms with van der Waals surface area (Å²) in [5, 5.41) is 3.52. The van der Waals surface area contributed by atoms with Gasteiger partial charge in [-0.2, -0.15) is 0 Å². The molecule has 3 nitrogen and oxygen atoms in total. The molecule has 0 bridgehead atoms. The van der Waals surface area contributed by atoms with Gasteiger partial charge in [-0.15, -0.1) is 0 Å². The molecule has 0 unspecified atom stereocenters. The fraction of sp³-hybridized carbons (Fsp3) is 0.722. The lowest BCUT2D eigenvalue weighted by molar-refractivity contribution is 0.325. The molecule has 1 N–H and O–H groups in total. The fourth-order valence-corrected chi connectivity index (χ4v) is 3.07. The maximum atomic E-state index is 4.50. The van der Waals surface area contributed by atoms with Crippen LogP contribution in [0.1, 0.15) is 57.7 Å². The van der Waals surface area contributed by atoms with Crippen molar-refractivity contribution in [2.45, 2.75) is 59.9 Å². The van der Waals surface area contributed by atoms with Crippen LogP contribution in [0.5, 0.6) is 0 Å². The van der Waals surface area contributed by atoms with Gasteiger partial charge in [-0.05, 0) is 50.6 Å². The molecule has 2 heterocycles. The lowest BCUT2D eigenvalue weighted by Gasteiger charge is -2.27. The molecular weight excluding hydrogens is 258 g/mol. The van der Waals surface area contributed by atoms with Crippen molar-refractivity contribution >= 4 is 5.69 Å². The molecule has 0 spiro atoms. The van der Waals surface area contributed by atoms with Gasteiger partial charge < -0.3 is 10.2 Å². The van der Waals surface area contributed by atoms with E-state index in [1.165, 1.54) is 43.5 Å². The van der Waals surface area contributed by atoms with Crippen LogP contribution < -0.4 is 10.2 Å². The zero-order valence-corrected chi connectivity index (χ0v) is 14.2. The standard InChI is InChI=1S/C18H31N3/c1-5-9-19-13-16-14-20-15(2)12-17(16)21-10-6-7-18(3,4)8-11-21/h12,14,19H,5-11,13H2,1-4H3. The minimum absolute atomic E-state index is 0.484. The average molecular weight is 289 g/mol. The van der Waals surface area contributed by atoms with Crippen LogP contribution in [0.15, 0.2) is 12.3 Å². The van der Waals surface area contributed by atoms with E-state index in [0.29, 0.717) is 5.41 Å². The van der Waals surface area contributed by atoms with Crippen molar-refractivity contribution in [1.82, 2.24) is 10.3 Å².